The van der Waals surface area contributed by atoms with Gasteiger partial charge in [0, 0.05) is 12.6 Å². The van der Waals surface area contributed by atoms with Crippen molar-refractivity contribution in [3.8, 4) is 5.75 Å². The Morgan fingerprint density at radius 1 is 1.11 bits per heavy atom. The third kappa shape index (κ3) is 3.30. The van der Waals surface area contributed by atoms with Gasteiger partial charge in [0.05, 0.1) is 0 Å². The second-order valence-corrected chi connectivity index (χ2v) is 6.32. The maximum absolute atomic E-state index is 9.53. The molecule has 1 unspecified atom stereocenters. The van der Waals surface area contributed by atoms with Gasteiger partial charge in [-0.25, -0.2) is 0 Å². The highest BCUT2D eigenvalue weighted by Gasteiger charge is 2.28. The van der Waals surface area contributed by atoms with Crippen LogP contribution in [0.5, 0.6) is 5.75 Å². The van der Waals surface area contributed by atoms with Crippen LogP contribution in [-0.2, 0) is 6.42 Å². The molecule has 1 aromatic rings. The number of nitrogens with zero attached hydrogens (tertiary/aromatic N) is 1. The molecule has 0 amide bonds. The van der Waals surface area contributed by atoms with Crippen molar-refractivity contribution in [1.29, 1.82) is 0 Å². The van der Waals surface area contributed by atoms with E-state index in [0.717, 1.165) is 18.4 Å². The summed E-state index contributed by atoms with van der Waals surface area (Å²) in [5.41, 5.74) is 1.29. The number of phenolic OH excluding ortho intramolecular Hbond substituents is 1. The van der Waals surface area contributed by atoms with Crippen LogP contribution in [0.15, 0.2) is 24.3 Å². The number of aromatic hydroxyl groups is 1. The quantitative estimate of drug-likeness (QED) is 0.896. The third-order valence-corrected chi connectivity index (χ3v) is 4.84. The minimum atomic E-state index is 0.402. The molecule has 2 aliphatic rings. The van der Waals surface area contributed by atoms with Crippen LogP contribution in [0.25, 0.3) is 0 Å². The summed E-state index contributed by atoms with van der Waals surface area (Å²) in [6.45, 7) is 2.55. The van der Waals surface area contributed by atoms with Crippen molar-refractivity contribution in [2.24, 2.45) is 5.92 Å². The highest BCUT2D eigenvalue weighted by Crippen LogP contribution is 2.29. The molecule has 0 radical (unpaired) electrons. The second-order valence-electron chi connectivity index (χ2n) is 6.32. The average molecular weight is 259 g/mol. The summed E-state index contributed by atoms with van der Waals surface area (Å²) in [5.74, 6) is 1.18. The van der Waals surface area contributed by atoms with Crippen LogP contribution in [0, 0.1) is 5.92 Å². The summed E-state index contributed by atoms with van der Waals surface area (Å²) >= 11 is 0. The van der Waals surface area contributed by atoms with Gasteiger partial charge in [0.15, 0.2) is 0 Å². The molecule has 2 nitrogen and oxygen atoms in total. The molecule has 0 bridgehead atoms. The van der Waals surface area contributed by atoms with Gasteiger partial charge in [-0.3, -0.25) is 0 Å². The van der Waals surface area contributed by atoms with Gasteiger partial charge in [-0.1, -0.05) is 31.4 Å². The molecule has 3 rings (SSSR count). The third-order valence-electron chi connectivity index (χ3n) is 4.84. The molecule has 19 heavy (non-hydrogen) atoms. The van der Waals surface area contributed by atoms with Gasteiger partial charge in [0.25, 0.3) is 0 Å². The second kappa shape index (κ2) is 5.96. The maximum Gasteiger partial charge on any atom is 0.115 e. The van der Waals surface area contributed by atoms with E-state index in [1.165, 1.54) is 57.2 Å². The van der Waals surface area contributed by atoms with Crippen LogP contribution in [0.1, 0.15) is 44.1 Å². The Balaban J connectivity index is 1.54. The molecule has 1 aliphatic heterocycles. The lowest BCUT2D eigenvalue weighted by atomic mass is 9.94. The van der Waals surface area contributed by atoms with Crippen molar-refractivity contribution in [3.05, 3.63) is 29.8 Å². The molecule has 2 fully saturated rings. The molecule has 1 atom stereocenters. The predicted octanol–water partition coefficient (Wildman–Crippen LogP) is 3.59. The van der Waals surface area contributed by atoms with Crippen molar-refractivity contribution in [1.82, 2.24) is 4.90 Å². The molecule has 1 aromatic carbocycles. The van der Waals surface area contributed by atoms with E-state index < -0.39 is 0 Å². The number of likely N-dealkylation sites (tertiary alicyclic amines) is 1. The fourth-order valence-electron chi connectivity index (χ4n) is 3.82. The van der Waals surface area contributed by atoms with E-state index >= 15 is 0 Å². The summed E-state index contributed by atoms with van der Waals surface area (Å²) < 4.78 is 0. The first kappa shape index (κ1) is 13.0. The number of hydrogen-bond donors (Lipinski definition) is 1. The zero-order chi connectivity index (χ0) is 13.1. The molecule has 0 spiro atoms. The lowest BCUT2D eigenvalue weighted by Crippen LogP contribution is -2.35. The van der Waals surface area contributed by atoms with Crippen LogP contribution in [-0.4, -0.2) is 29.1 Å². The Morgan fingerprint density at radius 2 is 1.95 bits per heavy atom. The Hall–Kier alpha value is -1.02. The molecular formula is C17H25NO. The monoisotopic (exact) mass is 259 g/mol. The van der Waals surface area contributed by atoms with E-state index in [2.05, 4.69) is 11.0 Å². The van der Waals surface area contributed by atoms with Crippen LogP contribution in [0.4, 0.5) is 0 Å². The van der Waals surface area contributed by atoms with Crippen molar-refractivity contribution in [2.75, 3.05) is 13.1 Å². The first-order chi connectivity index (χ1) is 9.31. The lowest BCUT2D eigenvalue weighted by Gasteiger charge is -2.31. The van der Waals surface area contributed by atoms with E-state index in [1.54, 1.807) is 6.07 Å². The van der Waals surface area contributed by atoms with Crippen LogP contribution in [0.3, 0.4) is 0 Å². The normalized spacial score (nSPS) is 25.8. The summed E-state index contributed by atoms with van der Waals surface area (Å²) in [5, 5.41) is 9.53. The first-order valence-corrected chi connectivity index (χ1v) is 7.83. The Morgan fingerprint density at radius 3 is 2.74 bits per heavy atom. The molecule has 1 saturated carbocycles. The first-order valence-electron chi connectivity index (χ1n) is 7.83. The van der Waals surface area contributed by atoms with Gasteiger partial charge in [-0.15, -0.1) is 0 Å². The molecule has 0 aromatic heterocycles. The summed E-state index contributed by atoms with van der Waals surface area (Å²) in [6.07, 6.45) is 9.58. The van der Waals surface area contributed by atoms with Gasteiger partial charge >= 0.3 is 0 Å². The highest BCUT2D eigenvalue weighted by molar-refractivity contribution is 5.27. The summed E-state index contributed by atoms with van der Waals surface area (Å²) in [6, 6.07) is 8.64. The van der Waals surface area contributed by atoms with Gasteiger partial charge in [0.2, 0.25) is 0 Å². The Kier molecular flexibility index (Phi) is 4.07. The molecule has 104 valence electrons. The molecule has 2 heteroatoms. The van der Waals surface area contributed by atoms with Crippen molar-refractivity contribution < 1.29 is 5.11 Å². The zero-order valence-corrected chi connectivity index (χ0v) is 11.7. The van der Waals surface area contributed by atoms with Crippen LogP contribution < -0.4 is 0 Å². The number of benzene rings is 1. The van der Waals surface area contributed by atoms with Gasteiger partial charge < -0.3 is 10.0 Å². The Bertz CT molecular complexity index is 411. The molecular weight excluding hydrogens is 234 g/mol. The predicted molar refractivity (Wildman–Crippen MR) is 78.4 cm³/mol. The number of phenols is 1. The smallest absolute Gasteiger partial charge is 0.115 e. The van der Waals surface area contributed by atoms with Crippen molar-refractivity contribution >= 4 is 0 Å². The largest absolute Gasteiger partial charge is 0.508 e. The fourth-order valence-corrected chi connectivity index (χ4v) is 3.82. The van der Waals surface area contributed by atoms with E-state index in [9.17, 15) is 5.11 Å². The maximum atomic E-state index is 9.53. The lowest BCUT2D eigenvalue weighted by molar-refractivity contribution is 0.185. The minimum absolute atomic E-state index is 0.402. The zero-order valence-electron chi connectivity index (χ0n) is 11.7. The van der Waals surface area contributed by atoms with E-state index in [-0.39, 0.29) is 0 Å². The molecule has 1 heterocycles. The summed E-state index contributed by atoms with van der Waals surface area (Å²) in [7, 11) is 0. The van der Waals surface area contributed by atoms with Crippen LogP contribution >= 0.6 is 0 Å². The van der Waals surface area contributed by atoms with Crippen molar-refractivity contribution in [2.45, 2.75) is 51.0 Å². The standard InChI is InChI=1S/C17H25NO/c19-17-8-4-5-14(12-17)11-15-9-10-18(13-15)16-6-2-1-3-7-16/h4-5,8,12,15-16,19H,1-3,6-7,9-11,13H2. The van der Waals surface area contributed by atoms with Gasteiger partial charge in [0.1, 0.15) is 5.75 Å². The fraction of sp³-hybridized carbons (Fsp3) is 0.647. The van der Waals surface area contributed by atoms with Gasteiger partial charge in [-0.2, -0.15) is 0 Å². The molecule has 1 N–H and O–H groups in total. The van der Waals surface area contributed by atoms with Gasteiger partial charge in [-0.05, 0) is 55.8 Å². The highest BCUT2D eigenvalue weighted by atomic mass is 16.3. The number of rotatable bonds is 3. The molecule has 1 aliphatic carbocycles. The van der Waals surface area contributed by atoms with Crippen molar-refractivity contribution in [3.63, 3.8) is 0 Å². The number of hydrogen-bond acceptors (Lipinski definition) is 2. The topological polar surface area (TPSA) is 23.5 Å². The van der Waals surface area contributed by atoms with E-state index in [1.807, 2.05) is 12.1 Å². The SMILES string of the molecule is Oc1cccc(CC2CCN(C3CCCCC3)C2)c1. The summed E-state index contributed by atoms with van der Waals surface area (Å²) in [4.78, 5) is 2.73. The van der Waals surface area contributed by atoms with E-state index in [0.29, 0.717) is 5.75 Å². The van der Waals surface area contributed by atoms with E-state index in [4.69, 9.17) is 0 Å². The average Bonchev–Trinajstić information content (AvgIpc) is 2.88. The Labute approximate surface area is 116 Å². The molecule has 1 saturated heterocycles. The van der Waals surface area contributed by atoms with Crippen LogP contribution in [0.2, 0.25) is 0 Å². The minimum Gasteiger partial charge on any atom is -0.508 e.